The van der Waals surface area contributed by atoms with E-state index in [1.165, 1.54) is 0 Å². The SMILES string of the molecule is Cc1cccc(C(=O)CCc2cc(F)c(F)c(F)c2)c1. The largest absolute Gasteiger partial charge is 0.294 e. The Kier molecular flexibility index (Phi) is 4.23. The van der Waals surface area contributed by atoms with Gasteiger partial charge in [0.2, 0.25) is 0 Å². The van der Waals surface area contributed by atoms with E-state index in [2.05, 4.69) is 0 Å². The van der Waals surface area contributed by atoms with Gasteiger partial charge in [0.1, 0.15) is 0 Å². The van der Waals surface area contributed by atoms with Crippen LogP contribution in [0.25, 0.3) is 0 Å². The lowest BCUT2D eigenvalue weighted by Crippen LogP contribution is -2.03. The van der Waals surface area contributed by atoms with Gasteiger partial charge in [-0.15, -0.1) is 0 Å². The molecule has 0 radical (unpaired) electrons. The van der Waals surface area contributed by atoms with E-state index < -0.39 is 17.5 Å². The first kappa shape index (κ1) is 14.3. The number of ketones is 1. The van der Waals surface area contributed by atoms with Gasteiger partial charge in [0.25, 0.3) is 0 Å². The van der Waals surface area contributed by atoms with Crippen molar-refractivity contribution in [3.8, 4) is 0 Å². The Balaban J connectivity index is 2.07. The first-order valence-electron chi connectivity index (χ1n) is 6.20. The summed E-state index contributed by atoms with van der Waals surface area (Å²) < 4.78 is 38.9. The third-order valence-corrected chi connectivity index (χ3v) is 3.02. The first-order valence-corrected chi connectivity index (χ1v) is 6.20. The average Bonchev–Trinajstić information content (AvgIpc) is 2.42. The van der Waals surface area contributed by atoms with Crippen LogP contribution in [0.1, 0.15) is 27.9 Å². The van der Waals surface area contributed by atoms with E-state index in [4.69, 9.17) is 0 Å². The molecule has 0 bridgehead atoms. The normalized spacial score (nSPS) is 10.6. The molecule has 0 fully saturated rings. The molecule has 0 spiro atoms. The zero-order chi connectivity index (χ0) is 14.7. The van der Waals surface area contributed by atoms with Gasteiger partial charge in [-0.3, -0.25) is 4.79 Å². The predicted molar refractivity (Wildman–Crippen MR) is 70.1 cm³/mol. The van der Waals surface area contributed by atoms with E-state index in [-0.39, 0.29) is 24.2 Å². The quantitative estimate of drug-likeness (QED) is 0.604. The van der Waals surface area contributed by atoms with E-state index in [1.807, 2.05) is 13.0 Å². The molecule has 20 heavy (non-hydrogen) atoms. The van der Waals surface area contributed by atoms with E-state index in [1.54, 1.807) is 18.2 Å². The molecular formula is C16H13F3O. The standard InChI is InChI=1S/C16H13F3O/c1-10-3-2-4-12(7-10)15(20)6-5-11-8-13(17)16(19)14(18)9-11/h2-4,7-9H,5-6H2,1H3. The number of rotatable bonds is 4. The molecule has 0 aromatic heterocycles. The van der Waals surface area contributed by atoms with Crippen LogP contribution in [0, 0.1) is 24.4 Å². The van der Waals surface area contributed by atoms with Gasteiger partial charge < -0.3 is 0 Å². The average molecular weight is 278 g/mol. The van der Waals surface area contributed by atoms with Crippen LogP contribution in [-0.4, -0.2) is 5.78 Å². The smallest absolute Gasteiger partial charge is 0.194 e. The van der Waals surface area contributed by atoms with Crippen molar-refractivity contribution in [3.63, 3.8) is 0 Å². The molecule has 2 rings (SSSR count). The zero-order valence-corrected chi connectivity index (χ0v) is 10.9. The Hall–Kier alpha value is -2.10. The van der Waals surface area contributed by atoms with Gasteiger partial charge in [-0.1, -0.05) is 23.8 Å². The van der Waals surface area contributed by atoms with Crippen molar-refractivity contribution in [3.05, 3.63) is 70.5 Å². The molecule has 2 aromatic carbocycles. The summed E-state index contributed by atoms with van der Waals surface area (Å²) in [6.45, 7) is 1.88. The number of Topliss-reactive ketones (excluding diaryl/α,β-unsaturated/α-hetero) is 1. The molecule has 0 amide bonds. The summed E-state index contributed by atoms with van der Waals surface area (Å²) in [6.07, 6.45) is 0.287. The lowest BCUT2D eigenvalue weighted by Gasteiger charge is -2.04. The summed E-state index contributed by atoms with van der Waals surface area (Å²) in [5.41, 5.74) is 1.80. The minimum atomic E-state index is -1.49. The predicted octanol–water partition coefficient (Wildman–Crippen LogP) is 4.23. The zero-order valence-electron chi connectivity index (χ0n) is 10.9. The molecule has 0 heterocycles. The highest BCUT2D eigenvalue weighted by atomic mass is 19.2. The van der Waals surface area contributed by atoms with E-state index >= 15 is 0 Å². The molecule has 0 saturated heterocycles. The molecule has 0 unspecified atom stereocenters. The van der Waals surface area contributed by atoms with Gasteiger partial charge in [0, 0.05) is 12.0 Å². The monoisotopic (exact) mass is 278 g/mol. The lowest BCUT2D eigenvalue weighted by molar-refractivity contribution is 0.0982. The third-order valence-electron chi connectivity index (χ3n) is 3.02. The molecule has 1 nitrogen and oxygen atoms in total. The van der Waals surface area contributed by atoms with Crippen LogP contribution in [0.5, 0.6) is 0 Å². The van der Waals surface area contributed by atoms with Gasteiger partial charge in [0.15, 0.2) is 23.2 Å². The molecule has 0 aliphatic rings. The second kappa shape index (κ2) is 5.90. The number of hydrogen-bond acceptors (Lipinski definition) is 1. The Morgan fingerprint density at radius 1 is 1.05 bits per heavy atom. The fourth-order valence-electron chi connectivity index (χ4n) is 1.97. The molecule has 0 N–H and O–H groups in total. The molecule has 0 saturated carbocycles. The van der Waals surface area contributed by atoms with Gasteiger partial charge >= 0.3 is 0 Å². The highest BCUT2D eigenvalue weighted by Gasteiger charge is 2.12. The highest BCUT2D eigenvalue weighted by molar-refractivity contribution is 5.96. The lowest BCUT2D eigenvalue weighted by atomic mass is 10.0. The second-order valence-corrected chi connectivity index (χ2v) is 4.67. The number of carbonyl (C=O) groups excluding carboxylic acids is 1. The summed E-state index contributed by atoms with van der Waals surface area (Å²) in [7, 11) is 0. The summed E-state index contributed by atoms with van der Waals surface area (Å²) in [6, 6.07) is 8.94. The van der Waals surface area contributed by atoms with Crippen molar-refractivity contribution in [1.82, 2.24) is 0 Å². The van der Waals surface area contributed by atoms with Gasteiger partial charge in [0.05, 0.1) is 0 Å². The van der Waals surface area contributed by atoms with E-state index in [9.17, 15) is 18.0 Å². The van der Waals surface area contributed by atoms with Crippen molar-refractivity contribution in [2.24, 2.45) is 0 Å². The number of benzene rings is 2. The first-order chi connectivity index (χ1) is 9.47. The molecule has 0 atom stereocenters. The van der Waals surface area contributed by atoms with Crippen molar-refractivity contribution < 1.29 is 18.0 Å². The van der Waals surface area contributed by atoms with Gasteiger partial charge in [-0.05, 0) is 37.1 Å². The maximum Gasteiger partial charge on any atom is 0.194 e. The molecule has 0 aliphatic carbocycles. The molecule has 4 heteroatoms. The van der Waals surface area contributed by atoms with E-state index in [0.717, 1.165) is 17.7 Å². The Labute approximate surface area is 115 Å². The minimum Gasteiger partial charge on any atom is -0.294 e. The summed E-state index contributed by atoms with van der Waals surface area (Å²) in [5.74, 6) is -4.07. The van der Waals surface area contributed by atoms with Gasteiger partial charge in [-0.2, -0.15) is 0 Å². The maximum atomic E-state index is 13.0. The minimum absolute atomic E-state index is 0.112. The summed E-state index contributed by atoms with van der Waals surface area (Å²) >= 11 is 0. The van der Waals surface area contributed by atoms with Crippen LogP contribution in [0.4, 0.5) is 13.2 Å². The Morgan fingerprint density at radius 2 is 1.70 bits per heavy atom. The molecule has 0 aliphatic heterocycles. The summed E-state index contributed by atoms with van der Waals surface area (Å²) in [4.78, 5) is 11.9. The van der Waals surface area contributed by atoms with Gasteiger partial charge in [-0.25, -0.2) is 13.2 Å². The number of aryl methyl sites for hydroxylation is 2. The number of halogens is 3. The van der Waals surface area contributed by atoms with Crippen LogP contribution in [-0.2, 0) is 6.42 Å². The Morgan fingerprint density at radius 3 is 2.30 bits per heavy atom. The fourth-order valence-corrected chi connectivity index (χ4v) is 1.97. The third kappa shape index (κ3) is 3.26. The highest BCUT2D eigenvalue weighted by Crippen LogP contribution is 2.16. The van der Waals surface area contributed by atoms with Crippen molar-refractivity contribution >= 4 is 5.78 Å². The number of carbonyl (C=O) groups is 1. The van der Waals surface area contributed by atoms with Crippen LogP contribution in [0.15, 0.2) is 36.4 Å². The molecule has 2 aromatic rings. The van der Waals surface area contributed by atoms with E-state index in [0.29, 0.717) is 5.56 Å². The maximum absolute atomic E-state index is 13.0. The van der Waals surface area contributed by atoms with Crippen LogP contribution >= 0.6 is 0 Å². The van der Waals surface area contributed by atoms with Crippen molar-refractivity contribution in [1.29, 1.82) is 0 Å². The van der Waals surface area contributed by atoms with Crippen LogP contribution in [0.3, 0.4) is 0 Å². The molecular weight excluding hydrogens is 265 g/mol. The van der Waals surface area contributed by atoms with Crippen LogP contribution in [0.2, 0.25) is 0 Å². The molecule has 104 valence electrons. The summed E-state index contributed by atoms with van der Waals surface area (Å²) in [5, 5.41) is 0. The topological polar surface area (TPSA) is 17.1 Å². The van der Waals surface area contributed by atoms with Crippen molar-refractivity contribution in [2.45, 2.75) is 19.8 Å². The van der Waals surface area contributed by atoms with Crippen molar-refractivity contribution in [2.75, 3.05) is 0 Å². The second-order valence-electron chi connectivity index (χ2n) is 4.67. The fraction of sp³-hybridized carbons (Fsp3) is 0.188. The van der Waals surface area contributed by atoms with Crippen LogP contribution < -0.4 is 0 Å². The number of hydrogen-bond donors (Lipinski definition) is 0. The Bertz CT molecular complexity index is 627.